The second-order valence-electron chi connectivity index (χ2n) is 3.00. The summed E-state index contributed by atoms with van der Waals surface area (Å²) in [6, 6.07) is 0. The van der Waals surface area contributed by atoms with E-state index in [1.54, 1.807) is 13.8 Å². The highest BCUT2D eigenvalue weighted by atomic mass is 16.5. The summed E-state index contributed by atoms with van der Waals surface area (Å²) >= 11 is 0. The maximum Gasteiger partial charge on any atom is 0.384 e. The third-order valence-corrected chi connectivity index (χ3v) is 1.28. The van der Waals surface area contributed by atoms with Crippen molar-refractivity contribution in [1.29, 1.82) is 0 Å². The third kappa shape index (κ3) is 4.51. The largest absolute Gasteiger partial charge is 0.459 e. The van der Waals surface area contributed by atoms with E-state index in [1.807, 2.05) is 0 Å². The van der Waals surface area contributed by atoms with Gasteiger partial charge in [0.25, 0.3) is 0 Å². The first kappa shape index (κ1) is 10.7. The van der Waals surface area contributed by atoms with Crippen molar-refractivity contribution in [3.8, 4) is 11.8 Å². The minimum atomic E-state index is -0.575. The van der Waals surface area contributed by atoms with Crippen molar-refractivity contribution in [2.75, 3.05) is 7.11 Å². The van der Waals surface area contributed by atoms with Gasteiger partial charge >= 0.3 is 5.97 Å². The molecular weight excluding hydrogens is 156 g/mol. The highest BCUT2D eigenvalue weighted by Crippen LogP contribution is 2.16. The average Bonchev–Trinajstić information content (AvgIpc) is 2.00. The second kappa shape index (κ2) is 4.55. The summed E-state index contributed by atoms with van der Waals surface area (Å²) in [5.41, 5.74) is -0.448. The number of rotatable bonds is 2. The number of esters is 1. The number of methoxy groups -OCH3 is 1. The van der Waals surface area contributed by atoms with Gasteiger partial charge in [0.15, 0.2) is 0 Å². The fraction of sp³-hybridized carbons (Fsp3) is 0.556. The normalized spacial score (nSPS) is 9.58. The number of aldehydes is 1. The predicted octanol–water partition coefficient (Wildman–Crippen LogP) is 0.778. The lowest BCUT2D eigenvalue weighted by atomic mass is 9.91. The van der Waals surface area contributed by atoms with E-state index in [2.05, 4.69) is 16.6 Å². The first-order valence-electron chi connectivity index (χ1n) is 3.56. The van der Waals surface area contributed by atoms with Gasteiger partial charge in [-0.3, -0.25) is 0 Å². The summed E-state index contributed by atoms with van der Waals surface area (Å²) in [7, 11) is 1.27. The summed E-state index contributed by atoms with van der Waals surface area (Å²) in [6.07, 6.45) is 1.10. The molecule has 0 aromatic carbocycles. The maximum absolute atomic E-state index is 10.6. The second-order valence-corrected chi connectivity index (χ2v) is 3.00. The minimum Gasteiger partial charge on any atom is -0.459 e. The van der Waals surface area contributed by atoms with Crippen molar-refractivity contribution < 1.29 is 14.3 Å². The highest BCUT2D eigenvalue weighted by Gasteiger charge is 2.13. The van der Waals surface area contributed by atoms with Gasteiger partial charge < -0.3 is 9.53 Å². The number of hydrogen-bond acceptors (Lipinski definition) is 3. The minimum absolute atomic E-state index is 0.316. The standard InChI is InChI=1S/C9H12O3/c1-9(2,6-7-10)5-4-8(11)12-3/h7H,6H2,1-3H3. The predicted molar refractivity (Wildman–Crippen MR) is 44.3 cm³/mol. The van der Waals surface area contributed by atoms with E-state index >= 15 is 0 Å². The van der Waals surface area contributed by atoms with Crippen LogP contribution in [0.3, 0.4) is 0 Å². The number of carbonyl (C=O) groups is 2. The molecule has 0 fully saturated rings. The molecule has 0 aliphatic rings. The highest BCUT2D eigenvalue weighted by molar-refractivity contribution is 5.88. The molecule has 0 spiro atoms. The van der Waals surface area contributed by atoms with Crippen molar-refractivity contribution in [1.82, 2.24) is 0 Å². The zero-order valence-corrected chi connectivity index (χ0v) is 7.51. The summed E-state index contributed by atoms with van der Waals surface area (Å²) in [6.45, 7) is 3.58. The molecule has 0 rings (SSSR count). The van der Waals surface area contributed by atoms with Gasteiger partial charge in [0.2, 0.25) is 0 Å². The van der Waals surface area contributed by atoms with Crippen LogP contribution in [0.2, 0.25) is 0 Å². The van der Waals surface area contributed by atoms with Crippen LogP contribution in [0.5, 0.6) is 0 Å². The van der Waals surface area contributed by atoms with Crippen molar-refractivity contribution in [2.45, 2.75) is 20.3 Å². The molecule has 66 valence electrons. The van der Waals surface area contributed by atoms with Gasteiger partial charge in [0.1, 0.15) is 6.29 Å². The van der Waals surface area contributed by atoms with Gasteiger partial charge in [-0.1, -0.05) is 5.92 Å². The van der Waals surface area contributed by atoms with E-state index in [0.717, 1.165) is 6.29 Å². The van der Waals surface area contributed by atoms with E-state index in [4.69, 9.17) is 0 Å². The molecule has 0 heterocycles. The van der Waals surface area contributed by atoms with Crippen LogP contribution >= 0.6 is 0 Å². The van der Waals surface area contributed by atoms with Crippen molar-refractivity contribution >= 4 is 12.3 Å². The maximum atomic E-state index is 10.6. The van der Waals surface area contributed by atoms with E-state index in [0.29, 0.717) is 6.42 Å². The quantitative estimate of drug-likeness (QED) is 0.265. The molecular formula is C9H12O3. The van der Waals surface area contributed by atoms with Crippen molar-refractivity contribution in [2.24, 2.45) is 5.41 Å². The summed E-state index contributed by atoms with van der Waals surface area (Å²) < 4.78 is 4.32. The lowest BCUT2D eigenvalue weighted by molar-refractivity contribution is -0.133. The molecule has 0 amide bonds. The lowest BCUT2D eigenvalue weighted by Gasteiger charge is -2.11. The van der Waals surface area contributed by atoms with Gasteiger partial charge in [-0.15, -0.1) is 0 Å². The Morgan fingerprint density at radius 2 is 2.17 bits per heavy atom. The molecule has 0 atom stereocenters. The third-order valence-electron chi connectivity index (χ3n) is 1.28. The molecule has 0 aliphatic carbocycles. The van der Waals surface area contributed by atoms with E-state index in [9.17, 15) is 9.59 Å². The Morgan fingerprint density at radius 3 is 2.58 bits per heavy atom. The summed E-state index contributed by atoms with van der Waals surface area (Å²) in [4.78, 5) is 20.7. The van der Waals surface area contributed by atoms with E-state index in [1.165, 1.54) is 7.11 Å². The van der Waals surface area contributed by atoms with Crippen LogP contribution in [0, 0.1) is 17.3 Å². The molecule has 12 heavy (non-hydrogen) atoms. The molecule has 3 heteroatoms. The molecule has 0 aromatic heterocycles. The van der Waals surface area contributed by atoms with Crippen LogP contribution in [0.4, 0.5) is 0 Å². The first-order chi connectivity index (χ1) is 5.52. The van der Waals surface area contributed by atoms with Crippen LogP contribution in [0.15, 0.2) is 0 Å². The molecule has 0 bridgehead atoms. The number of ether oxygens (including phenoxy) is 1. The molecule has 0 N–H and O–H groups in total. The SMILES string of the molecule is COC(=O)C#CC(C)(C)CC=O. The molecule has 3 nitrogen and oxygen atoms in total. The number of hydrogen-bond donors (Lipinski definition) is 0. The smallest absolute Gasteiger partial charge is 0.384 e. The van der Waals surface area contributed by atoms with Crippen molar-refractivity contribution in [3.05, 3.63) is 0 Å². The molecule has 0 radical (unpaired) electrons. The van der Waals surface area contributed by atoms with E-state index < -0.39 is 11.4 Å². The fourth-order valence-corrected chi connectivity index (χ4v) is 0.531. The average molecular weight is 168 g/mol. The van der Waals surface area contributed by atoms with Gasteiger partial charge in [0.05, 0.1) is 7.11 Å². The monoisotopic (exact) mass is 168 g/mol. The van der Waals surface area contributed by atoms with Gasteiger partial charge in [-0.05, 0) is 13.8 Å². The summed E-state index contributed by atoms with van der Waals surface area (Å²) in [5.74, 6) is 4.37. The van der Waals surface area contributed by atoms with Gasteiger partial charge in [-0.2, -0.15) is 0 Å². The Balaban J connectivity index is 4.26. The fourth-order valence-electron chi connectivity index (χ4n) is 0.531. The Kier molecular flexibility index (Phi) is 4.06. The van der Waals surface area contributed by atoms with Gasteiger partial charge in [0, 0.05) is 17.8 Å². The molecule has 0 aliphatic heterocycles. The van der Waals surface area contributed by atoms with Crippen LogP contribution in [0.25, 0.3) is 0 Å². The Hall–Kier alpha value is -1.30. The zero-order chi connectivity index (χ0) is 9.61. The summed E-state index contributed by atoms with van der Waals surface area (Å²) in [5, 5.41) is 0. The van der Waals surface area contributed by atoms with E-state index in [-0.39, 0.29) is 0 Å². The molecule has 0 saturated heterocycles. The molecule has 0 saturated carbocycles. The van der Waals surface area contributed by atoms with Gasteiger partial charge in [-0.25, -0.2) is 4.79 Å². The lowest BCUT2D eigenvalue weighted by Crippen LogP contribution is -2.09. The van der Waals surface area contributed by atoms with Crippen LogP contribution in [0.1, 0.15) is 20.3 Å². The first-order valence-corrected chi connectivity index (χ1v) is 3.56. The van der Waals surface area contributed by atoms with Crippen molar-refractivity contribution in [3.63, 3.8) is 0 Å². The Labute approximate surface area is 72.1 Å². The zero-order valence-electron chi connectivity index (χ0n) is 7.51. The Morgan fingerprint density at radius 1 is 1.58 bits per heavy atom. The topological polar surface area (TPSA) is 43.4 Å². The molecule has 0 unspecified atom stereocenters. The van der Waals surface area contributed by atoms with Crippen LogP contribution in [-0.2, 0) is 14.3 Å². The van der Waals surface area contributed by atoms with Crippen LogP contribution < -0.4 is 0 Å². The van der Waals surface area contributed by atoms with Crippen LogP contribution in [-0.4, -0.2) is 19.4 Å². The molecule has 0 aromatic rings. The number of carbonyl (C=O) groups excluding carboxylic acids is 2. The Bertz CT molecular complexity index is 230.